The second-order valence-corrected chi connectivity index (χ2v) is 9.25. The lowest BCUT2D eigenvalue weighted by Crippen LogP contribution is -2.42. The molecule has 0 fully saturated rings. The van der Waals surface area contributed by atoms with Gasteiger partial charge >= 0.3 is 6.03 Å². The van der Waals surface area contributed by atoms with Gasteiger partial charge in [0.1, 0.15) is 0 Å². The van der Waals surface area contributed by atoms with E-state index in [0.29, 0.717) is 19.0 Å². The van der Waals surface area contributed by atoms with E-state index in [0.717, 1.165) is 28.9 Å². The number of para-hydroxylation sites is 1. The summed E-state index contributed by atoms with van der Waals surface area (Å²) in [7, 11) is 0. The smallest absolute Gasteiger partial charge is 0.318 e. The van der Waals surface area contributed by atoms with Crippen LogP contribution in [-0.4, -0.2) is 22.0 Å². The number of rotatable bonds is 5. The summed E-state index contributed by atoms with van der Waals surface area (Å²) < 4.78 is 2.23. The average molecular weight is 450 g/mol. The van der Waals surface area contributed by atoms with Crippen LogP contribution in [0, 0.1) is 0 Å². The van der Waals surface area contributed by atoms with E-state index in [9.17, 15) is 4.79 Å². The Bertz CT molecular complexity index is 1260. The van der Waals surface area contributed by atoms with E-state index in [4.69, 9.17) is 0 Å². The third kappa shape index (κ3) is 4.36. The van der Waals surface area contributed by atoms with Gasteiger partial charge in [-0.1, -0.05) is 86.6 Å². The summed E-state index contributed by atoms with van der Waals surface area (Å²) in [5.41, 5.74) is 7.01. The van der Waals surface area contributed by atoms with Gasteiger partial charge in [-0.25, -0.2) is 4.79 Å². The number of aromatic nitrogens is 1. The number of fused-ring (bicyclic) bond motifs is 3. The highest BCUT2D eigenvalue weighted by molar-refractivity contribution is 5.76. The molecule has 1 aromatic heterocycles. The standard InChI is InChI=1S/C30H31N3O/c1-22(2)24-14-16-25(17-15-24)29-28-13-8-20-32(28)27-12-7-6-11-26(27)21-33(29)30(34)31-19-18-23-9-4-3-5-10-23/h3-17,20,22,29H,18-19,21H2,1-2H3,(H,31,34)/t29-/m1/s1. The van der Waals surface area contributed by atoms with E-state index in [-0.39, 0.29) is 12.1 Å². The first-order chi connectivity index (χ1) is 16.6. The SMILES string of the molecule is CC(C)c1ccc([C@@H]2c3cccn3-c3ccccc3CN2C(=O)NCCc2ccccc2)cc1. The van der Waals surface area contributed by atoms with Crippen molar-refractivity contribution in [1.29, 1.82) is 0 Å². The van der Waals surface area contributed by atoms with Gasteiger partial charge in [-0.2, -0.15) is 0 Å². The average Bonchev–Trinajstić information content (AvgIpc) is 3.29. The van der Waals surface area contributed by atoms with Gasteiger partial charge in [-0.05, 0) is 52.8 Å². The Kier molecular flexibility index (Phi) is 6.22. The molecule has 1 aliphatic rings. The second kappa shape index (κ2) is 9.60. The highest BCUT2D eigenvalue weighted by Crippen LogP contribution is 2.37. The summed E-state index contributed by atoms with van der Waals surface area (Å²) in [6.07, 6.45) is 2.90. The Morgan fingerprint density at radius 3 is 2.41 bits per heavy atom. The first kappa shape index (κ1) is 22.0. The number of nitrogens with zero attached hydrogens (tertiary/aromatic N) is 2. The fourth-order valence-electron chi connectivity index (χ4n) is 4.81. The first-order valence-electron chi connectivity index (χ1n) is 12.1. The van der Waals surface area contributed by atoms with Crippen LogP contribution in [0.1, 0.15) is 53.8 Å². The van der Waals surface area contributed by atoms with Gasteiger partial charge < -0.3 is 14.8 Å². The fourth-order valence-corrected chi connectivity index (χ4v) is 4.81. The van der Waals surface area contributed by atoms with Gasteiger partial charge in [0.2, 0.25) is 0 Å². The minimum atomic E-state index is -0.180. The van der Waals surface area contributed by atoms with Crippen molar-refractivity contribution in [3.63, 3.8) is 0 Å². The molecule has 4 aromatic rings. The molecular formula is C30H31N3O. The summed E-state index contributed by atoms with van der Waals surface area (Å²) in [5.74, 6) is 0.466. The largest absolute Gasteiger partial charge is 0.338 e. The van der Waals surface area contributed by atoms with Crippen molar-refractivity contribution >= 4 is 6.03 Å². The van der Waals surface area contributed by atoms with Gasteiger partial charge in [-0.15, -0.1) is 0 Å². The predicted octanol–water partition coefficient (Wildman–Crippen LogP) is 6.46. The molecule has 0 spiro atoms. The second-order valence-electron chi connectivity index (χ2n) is 9.25. The summed E-state index contributed by atoms with van der Waals surface area (Å²) >= 11 is 0. The highest BCUT2D eigenvalue weighted by Gasteiger charge is 2.32. The molecule has 0 radical (unpaired) electrons. The number of carbonyl (C=O) groups is 1. The molecule has 4 nitrogen and oxygen atoms in total. The molecule has 0 saturated carbocycles. The molecule has 1 aliphatic heterocycles. The summed E-state index contributed by atoms with van der Waals surface area (Å²) in [6.45, 7) is 5.55. The quantitative estimate of drug-likeness (QED) is 0.373. The molecule has 0 bridgehead atoms. The number of hydrogen-bond donors (Lipinski definition) is 1. The van der Waals surface area contributed by atoms with Crippen LogP contribution in [0.3, 0.4) is 0 Å². The van der Waals surface area contributed by atoms with Gasteiger partial charge in [0.05, 0.1) is 18.3 Å². The highest BCUT2D eigenvalue weighted by atomic mass is 16.2. The number of nitrogens with one attached hydrogen (secondary N) is 1. The maximum atomic E-state index is 13.6. The zero-order valence-corrected chi connectivity index (χ0v) is 19.8. The molecule has 34 heavy (non-hydrogen) atoms. The van der Waals surface area contributed by atoms with Crippen molar-refractivity contribution in [3.05, 3.63) is 125 Å². The molecule has 0 saturated heterocycles. The van der Waals surface area contributed by atoms with Crippen LogP contribution < -0.4 is 5.32 Å². The van der Waals surface area contributed by atoms with Crippen molar-refractivity contribution in [2.75, 3.05) is 6.54 Å². The number of urea groups is 1. The number of hydrogen-bond acceptors (Lipinski definition) is 1. The van der Waals surface area contributed by atoms with E-state index in [1.165, 1.54) is 11.1 Å². The molecule has 2 amide bonds. The molecule has 1 N–H and O–H groups in total. The molecule has 5 rings (SSSR count). The maximum absolute atomic E-state index is 13.6. The Balaban J connectivity index is 1.50. The maximum Gasteiger partial charge on any atom is 0.318 e. The lowest BCUT2D eigenvalue weighted by molar-refractivity contribution is 0.181. The summed E-state index contributed by atoms with van der Waals surface area (Å²) in [4.78, 5) is 15.6. The Morgan fingerprint density at radius 2 is 1.65 bits per heavy atom. The minimum Gasteiger partial charge on any atom is -0.338 e. The molecule has 2 heterocycles. The van der Waals surface area contributed by atoms with Gasteiger partial charge in [-0.3, -0.25) is 0 Å². The van der Waals surface area contributed by atoms with Gasteiger partial charge in [0.25, 0.3) is 0 Å². The lowest BCUT2D eigenvalue weighted by Gasteiger charge is -2.31. The zero-order chi connectivity index (χ0) is 23.5. The topological polar surface area (TPSA) is 37.3 Å². The van der Waals surface area contributed by atoms with Crippen LogP contribution in [-0.2, 0) is 13.0 Å². The normalized spacial score (nSPS) is 14.9. The number of benzene rings is 3. The molecule has 4 heteroatoms. The zero-order valence-electron chi connectivity index (χ0n) is 19.8. The van der Waals surface area contributed by atoms with E-state index >= 15 is 0 Å². The van der Waals surface area contributed by atoms with Gasteiger partial charge in [0.15, 0.2) is 0 Å². The molecule has 3 aromatic carbocycles. The van der Waals surface area contributed by atoms with Crippen molar-refractivity contribution in [3.8, 4) is 5.69 Å². The Labute approximate surface area is 201 Å². The van der Waals surface area contributed by atoms with Crippen LogP contribution in [0.15, 0.2) is 97.2 Å². The van der Waals surface area contributed by atoms with E-state index < -0.39 is 0 Å². The van der Waals surface area contributed by atoms with Crippen LogP contribution in [0.4, 0.5) is 4.79 Å². The molecular weight excluding hydrogens is 418 g/mol. The van der Waals surface area contributed by atoms with Crippen molar-refractivity contribution in [1.82, 2.24) is 14.8 Å². The van der Waals surface area contributed by atoms with Crippen molar-refractivity contribution in [2.24, 2.45) is 0 Å². The molecule has 0 unspecified atom stereocenters. The van der Waals surface area contributed by atoms with Gasteiger partial charge in [0, 0.05) is 18.4 Å². The van der Waals surface area contributed by atoms with Crippen LogP contribution >= 0.6 is 0 Å². The van der Waals surface area contributed by atoms with Crippen molar-refractivity contribution < 1.29 is 4.79 Å². The van der Waals surface area contributed by atoms with Crippen LogP contribution in [0.2, 0.25) is 0 Å². The number of carbonyl (C=O) groups excluding carboxylic acids is 1. The monoisotopic (exact) mass is 449 g/mol. The fraction of sp³-hybridized carbons (Fsp3) is 0.233. The predicted molar refractivity (Wildman–Crippen MR) is 137 cm³/mol. The van der Waals surface area contributed by atoms with E-state index in [1.54, 1.807) is 0 Å². The first-order valence-corrected chi connectivity index (χ1v) is 12.1. The van der Waals surface area contributed by atoms with Crippen molar-refractivity contribution in [2.45, 2.75) is 38.8 Å². The molecule has 1 atom stereocenters. The Hall–Kier alpha value is -3.79. The van der Waals surface area contributed by atoms with E-state index in [1.807, 2.05) is 29.2 Å². The summed E-state index contributed by atoms with van der Waals surface area (Å²) in [6, 6.07) is 31.4. The van der Waals surface area contributed by atoms with Crippen LogP contribution in [0.25, 0.3) is 5.69 Å². The minimum absolute atomic E-state index is 0.0432. The van der Waals surface area contributed by atoms with Crippen LogP contribution in [0.5, 0.6) is 0 Å². The number of amides is 2. The Morgan fingerprint density at radius 1 is 0.912 bits per heavy atom. The third-order valence-electron chi connectivity index (χ3n) is 6.68. The molecule has 172 valence electrons. The molecule has 0 aliphatic carbocycles. The summed E-state index contributed by atoms with van der Waals surface area (Å²) in [5, 5.41) is 3.19. The van der Waals surface area contributed by atoms with E-state index in [2.05, 4.69) is 96.7 Å². The third-order valence-corrected chi connectivity index (χ3v) is 6.68. The lowest BCUT2D eigenvalue weighted by atomic mass is 9.97.